The molecule has 4 heteroatoms. The Morgan fingerprint density at radius 1 is 1.17 bits per heavy atom. The molecular formula is C14H14N2O2. The van der Waals surface area contributed by atoms with E-state index in [1.165, 1.54) is 12.8 Å². The maximum Gasteiger partial charge on any atom is 0.337 e. The Balaban J connectivity index is 2.14. The van der Waals surface area contributed by atoms with Crippen molar-refractivity contribution in [3.8, 4) is 0 Å². The van der Waals surface area contributed by atoms with Crippen molar-refractivity contribution in [2.75, 3.05) is 18.0 Å². The highest BCUT2D eigenvalue weighted by molar-refractivity contribution is 6.02. The fraction of sp³-hybridized carbons (Fsp3) is 0.286. The Hall–Kier alpha value is -2.10. The molecule has 1 N–H and O–H groups in total. The van der Waals surface area contributed by atoms with Crippen LogP contribution in [0.5, 0.6) is 0 Å². The van der Waals surface area contributed by atoms with Gasteiger partial charge in [0.2, 0.25) is 0 Å². The van der Waals surface area contributed by atoms with Crippen LogP contribution in [0.1, 0.15) is 23.2 Å². The number of hydrogen-bond donors (Lipinski definition) is 1. The molecule has 0 spiro atoms. The molecule has 1 aromatic carbocycles. The Kier molecular flexibility index (Phi) is 2.63. The van der Waals surface area contributed by atoms with E-state index in [0.29, 0.717) is 5.52 Å². The summed E-state index contributed by atoms with van der Waals surface area (Å²) in [6.45, 7) is 2.02. The number of aromatic nitrogens is 1. The van der Waals surface area contributed by atoms with Gasteiger partial charge in [0.25, 0.3) is 0 Å². The average Bonchev–Trinajstić information content (AvgIpc) is 2.91. The van der Waals surface area contributed by atoms with Crippen LogP contribution in [-0.4, -0.2) is 29.1 Å². The van der Waals surface area contributed by atoms with E-state index in [1.54, 1.807) is 12.1 Å². The molecule has 1 aliphatic rings. The Bertz CT molecular complexity index is 604. The van der Waals surface area contributed by atoms with Gasteiger partial charge in [0.15, 0.2) is 0 Å². The van der Waals surface area contributed by atoms with Crippen molar-refractivity contribution >= 4 is 22.7 Å². The molecule has 0 radical (unpaired) electrons. The predicted molar refractivity (Wildman–Crippen MR) is 70.1 cm³/mol. The fourth-order valence-corrected chi connectivity index (χ4v) is 2.43. The number of aromatic carboxylic acids is 1. The smallest absolute Gasteiger partial charge is 0.337 e. The van der Waals surface area contributed by atoms with Gasteiger partial charge in [-0.2, -0.15) is 0 Å². The van der Waals surface area contributed by atoms with Gasteiger partial charge in [0.05, 0.1) is 11.1 Å². The summed E-state index contributed by atoms with van der Waals surface area (Å²) in [6, 6.07) is 9.17. The van der Waals surface area contributed by atoms with Crippen LogP contribution in [0.3, 0.4) is 0 Å². The van der Waals surface area contributed by atoms with E-state index in [-0.39, 0.29) is 5.56 Å². The lowest BCUT2D eigenvalue weighted by molar-refractivity contribution is 0.0699. The highest BCUT2D eigenvalue weighted by Gasteiger charge is 2.15. The summed E-state index contributed by atoms with van der Waals surface area (Å²) < 4.78 is 0. The number of carboxylic acids is 1. The normalized spacial score (nSPS) is 15.2. The van der Waals surface area contributed by atoms with E-state index in [2.05, 4.69) is 9.88 Å². The molecule has 1 fully saturated rings. The lowest BCUT2D eigenvalue weighted by Crippen LogP contribution is -2.19. The molecule has 0 amide bonds. The van der Waals surface area contributed by atoms with E-state index >= 15 is 0 Å². The highest BCUT2D eigenvalue weighted by Crippen LogP contribution is 2.23. The minimum atomic E-state index is -0.924. The number of pyridine rings is 1. The molecule has 92 valence electrons. The molecule has 3 rings (SSSR count). The summed E-state index contributed by atoms with van der Waals surface area (Å²) in [4.78, 5) is 17.9. The van der Waals surface area contributed by atoms with Gasteiger partial charge >= 0.3 is 5.97 Å². The number of nitrogens with zero attached hydrogens (tertiary/aromatic N) is 2. The lowest BCUT2D eigenvalue weighted by Gasteiger charge is -2.16. The van der Waals surface area contributed by atoms with Gasteiger partial charge in [0.1, 0.15) is 5.82 Å². The van der Waals surface area contributed by atoms with Crippen LogP contribution < -0.4 is 4.90 Å². The first-order valence-electron chi connectivity index (χ1n) is 6.14. The molecule has 1 aliphatic heterocycles. The summed E-state index contributed by atoms with van der Waals surface area (Å²) in [5.41, 5.74) is 0.850. The van der Waals surface area contributed by atoms with E-state index < -0.39 is 5.97 Å². The largest absolute Gasteiger partial charge is 0.478 e. The summed E-state index contributed by atoms with van der Waals surface area (Å²) in [6.07, 6.45) is 2.36. The van der Waals surface area contributed by atoms with Crippen LogP contribution in [0.4, 0.5) is 5.82 Å². The SMILES string of the molecule is O=C(O)c1cccc2ccc(N3CCCC3)nc12. The van der Waals surface area contributed by atoms with Gasteiger partial charge in [-0.1, -0.05) is 12.1 Å². The molecule has 0 saturated carbocycles. The number of benzene rings is 1. The van der Waals surface area contributed by atoms with Crippen molar-refractivity contribution in [2.45, 2.75) is 12.8 Å². The molecule has 2 aromatic rings. The molecule has 0 unspecified atom stereocenters. The standard InChI is InChI=1S/C14H14N2O2/c17-14(18)11-5-3-4-10-6-7-12(15-13(10)11)16-8-1-2-9-16/h3-7H,1-2,8-9H2,(H,17,18). The number of rotatable bonds is 2. The first-order valence-corrected chi connectivity index (χ1v) is 6.14. The van der Waals surface area contributed by atoms with Crippen molar-refractivity contribution in [2.24, 2.45) is 0 Å². The van der Waals surface area contributed by atoms with Gasteiger partial charge in [-0.05, 0) is 31.0 Å². The predicted octanol–water partition coefficient (Wildman–Crippen LogP) is 2.53. The maximum absolute atomic E-state index is 11.2. The zero-order valence-corrected chi connectivity index (χ0v) is 9.97. The zero-order chi connectivity index (χ0) is 12.5. The third-order valence-corrected chi connectivity index (χ3v) is 3.37. The van der Waals surface area contributed by atoms with E-state index in [0.717, 1.165) is 24.3 Å². The molecule has 0 atom stereocenters. The Labute approximate surface area is 105 Å². The van der Waals surface area contributed by atoms with E-state index in [1.807, 2.05) is 18.2 Å². The van der Waals surface area contributed by atoms with Crippen LogP contribution in [0.25, 0.3) is 10.9 Å². The monoisotopic (exact) mass is 242 g/mol. The molecular weight excluding hydrogens is 228 g/mol. The second-order valence-corrected chi connectivity index (χ2v) is 4.55. The van der Waals surface area contributed by atoms with Gasteiger partial charge < -0.3 is 10.0 Å². The van der Waals surface area contributed by atoms with Crippen molar-refractivity contribution in [3.63, 3.8) is 0 Å². The van der Waals surface area contributed by atoms with Crippen molar-refractivity contribution in [1.29, 1.82) is 0 Å². The highest BCUT2D eigenvalue weighted by atomic mass is 16.4. The molecule has 0 aliphatic carbocycles. The zero-order valence-electron chi connectivity index (χ0n) is 9.97. The van der Waals surface area contributed by atoms with Gasteiger partial charge in [-0.15, -0.1) is 0 Å². The number of carbonyl (C=O) groups is 1. The molecule has 1 saturated heterocycles. The summed E-state index contributed by atoms with van der Waals surface area (Å²) >= 11 is 0. The van der Waals surface area contributed by atoms with Crippen molar-refractivity contribution in [1.82, 2.24) is 4.98 Å². The van der Waals surface area contributed by atoms with Crippen LogP contribution in [0, 0.1) is 0 Å². The molecule has 18 heavy (non-hydrogen) atoms. The molecule has 4 nitrogen and oxygen atoms in total. The minimum Gasteiger partial charge on any atom is -0.478 e. The summed E-state index contributed by atoms with van der Waals surface area (Å²) in [5.74, 6) is -0.0413. The van der Waals surface area contributed by atoms with E-state index in [9.17, 15) is 9.90 Å². The van der Waals surface area contributed by atoms with Gasteiger partial charge in [0, 0.05) is 18.5 Å². The van der Waals surface area contributed by atoms with Crippen LogP contribution in [0.2, 0.25) is 0 Å². The van der Waals surface area contributed by atoms with E-state index in [4.69, 9.17) is 0 Å². The Morgan fingerprint density at radius 3 is 2.67 bits per heavy atom. The van der Waals surface area contributed by atoms with Gasteiger partial charge in [-0.25, -0.2) is 9.78 Å². The number of fused-ring (bicyclic) bond motifs is 1. The molecule has 1 aromatic heterocycles. The Morgan fingerprint density at radius 2 is 1.94 bits per heavy atom. The van der Waals surface area contributed by atoms with Crippen LogP contribution in [0.15, 0.2) is 30.3 Å². The number of carboxylic acid groups (broad SMARTS) is 1. The van der Waals surface area contributed by atoms with Crippen LogP contribution >= 0.6 is 0 Å². The quantitative estimate of drug-likeness (QED) is 0.879. The number of para-hydroxylation sites is 1. The number of hydrogen-bond acceptors (Lipinski definition) is 3. The number of anilines is 1. The summed E-state index contributed by atoms with van der Waals surface area (Å²) in [5, 5.41) is 10.1. The first kappa shape index (κ1) is 11.0. The fourth-order valence-electron chi connectivity index (χ4n) is 2.43. The lowest BCUT2D eigenvalue weighted by atomic mass is 10.1. The van der Waals surface area contributed by atoms with Gasteiger partial charge in [-0.3, -0.25) is 0 Å². The first-order chi connectivity index (χ1) is 8.75. The maximum atomic E-state index is 11.2. The average molecular weight is 242 g/mol. The van der Waals surface area contributed by atoms with Crippen LogP contribution in [-0.2, 0) is 0 Å². The van der Waals surface area contributed by atoms with Crippen molar-refractivity contribution < 1.29 is 9.90 Å². The third-order valence-electron chi connectivity index (χ3n) is 3.37. The molecule has 0 bridgehead atoms. The second kappa shape index (κ2) is 4.29. The third kappa shape index (κ3) is 1.79. The van der Waals surface area contributed by atoms with Crippen molar-refractivity contribution in [3.05, 3.63) is 35.9 Å². The topological polar surface area (TPSA) is 53.4 Å². The second-order valence-electron chi connectivity index (χ2n) is 4.55. The minimum absolute atomic E-state index is 0.272. The summed E-state index contributed by atoms with van der Waals surface area (Å²) in [7, 11) is 0. The molecule has 2 heterocycles.